The predicted octanol–water partition coefficient (Wildman–Crippen LogP) is 6.24. The van der Waals surface area contributed by atoms with Gasteiger partial charge in [-0.25, -0.2) is 0 Å². The van der Waals surface area contributed by atoms with Crippen molar-refractivity contribution in [2.75, 3.05) is 10.2 Å². The zero-order chi connectivity index (χ0) is 22.9. The summed E-state index contributed by atoms with van der Waals surface area (Å²) in [5, 5.41) is 3.48. The molecule has 0 saturated heterocycles. The largest absolute Gasteiger partial charge is 0.469 e. The van der Waals surface area contributed by atoms with Gasteiger partial charge in [0.2, 0.25) is 0 Å². The normalized spacial score (nSPS) is 12.5. The molecular formula is C27H21ClN2O3. The maximum absolute atomic E-state index is 13.6. The first-order valence-corrected chi connectivity index (χ1v) is 11.0. The molecule has 0 atom stereocenters. The Morgan fingerprint density at radius 1 is 0.939 bits per heavy atom. The monoisotopic (exact) mass is 456 g/mol. The number of fused-ring (bicyclic) bond motifs is 2. The second kappa shape index (κ2) is 8.60. The Labute approximate surface area is 196 Å². The number of hydrogen-bond donors (Lipinski definition) is 1. The molecule has 2 amide bonds. The van der Waals surface area contributed by atoms with Crippen LogP contribution in [0.5, 0.6) is 0 Å². The van der Waals surface area contributed by atoms with Crippen molar-refractivity contribution in [2.45, 2.75) is 19.9 Å². The fourth-order valence-corrected chi connectivity index (χ4v) is 4.35. The maximum Gasteiger partial charge on any atom is 0.259 e. The summed E-state index contributed by atoms with van der Waals surface area (Å²) in [7, 11) is 0. The van der Waals surface area contributed by atoms with Gasteiger partial charge in [0.15, 0.2) is 0 Å². The van der Waals surface area contributed by atoms with Crippen molar-refractivity contribution < 1.29 is 14.0 Å². The molecule has 0 bridgehead atoms. The van der Waals surface area contributed by atoms with Crippen molar-refractivity contribution in [3.8, 4) is 0 Å². The van der Waals surface area contributed by atoms with E-state index in [-0.39, 0.29) is 11.8 Å². The minimum atomic E-state index is -0.254. The van der Waals surface area contributed by atoms with Crippen LogP contribution in [0.25, 0.3) is 0 Å². The summed E-state index contributed by atoms with van der Waals surface area (Å²) in [4.78, 5) is 27.8. The van der Waals surface area contributed by atoms with E-state index in [2.05, 4.69) is 17.4 Å². The quantitative estimate of drug-likeness (QED) is 0.396. The van der Waals surface area contributed by atoms with E-state index in [4.69, 9.17) is 16.0 Å². The average molecular weight is 457 g/mol. The van der Waals surface area contributed by atoms with Gasteiger partial charge in [-0.05, 0) is 78.6 Å². The first-order chi connectivity index (χ1) is 16.0. The molecule has 4 aromatic rings. The van der Waals surface area contributed by atoms with Gasteiger partial charge in [0.25, 0.3) is 11.8 Å². The predicted molar refractivity (Wildman–Crippen MR) is 129 cm³/mol. The topological polar surface area (TPSA) is 62.6 Å². The Morgan fingerprint density at radius 3 is 2.42 bits per heavy atom. The van der Waals surface area contributed by atoms with Gasteiger partial charge in [-0.15, -0.1) is 0 Å². The Kier molecular flexibility index (Phi) is 5.48. The van der Waals surface area contributed by atoms with Crippen molar-refractivity contribution in [1.29, 1.82) is 0 Å². The molecule has 6 heteroatoms. The van der Waals surface area contributed by atoms with Crippen LogP contribution in [0.3, 0.4) is 0 Å². The average Bonchev–Trinajstić information content (AvgIpc) is 3.17. The Balaban J connectivity index is 1.43. The van der Waals surface area contributed by atoms with Gasteiger partial charge in [-0.3, -0.25) is 9.59 Å². The molecule has 33 heavy (non-hydrogen) atoms. The number of anilines is 2. The Hall–Kier alpha value is -3.83. The number of carbonyl (C=O) groups excluding carboxylic acids is 2. The third kappa shape index (κ3) is 4.15. The summed E-state index contributed by atoms with van der Waals surface area (Å²) >= 11 is 6.26. The minimum Gasteiger partial charge on any atom is -0.469 e. The second-order valence-corrected chi connectivity index (χ2v) is 8.47. The SMILES string of the molecule is Cc1occc1C(=O)Nc1ccc(C(=O)N2Cc3ccccc3Cc3cc(Cl)ccc32)cc1. The molecule has 3 aromatic carbocycles. The van der Waals surface area contributed by atoms with Crippen molar-refractivity contribution in [3.05, 3.63) is 118 Å². The highest BCUT2D eigenvalue weighted by molar-refractivity contribution is 6.30. The molecule has 0 saturated carbocycles. The number of benzene rings is 3. The van der Waals surface area contributed by atoms with E-state index < -0.39 is 0 Å². The lowest BCUT2D eigenvalue weighted by molar-refractivity contribution is 0.0984. The molecule has 2 heterocycles. The van der Waals surface area contributed by atoms with Crippen LogP contribution in [0.15, 0.2) is 83.5 Å². The van der Waals surface area contributed by atoms with E-state index >= 15 is 0 Å². The summed E-state index contributed by atoms with van der Waals surface area (Å²) in [5.74, 6) is 0.189. The van der Waals surface area contributed by atoms with Gasteiger partial charge in [-0.1, -0.05) is 35.9 Å². The lowest BCUT2D eigenvalue weighted by Gasteiger charge is -2.24. The van der Waals surface area contributed by atoms with Crippen LogP contribution >= 0.6 is 11.6 Å². The van der Waals surface area contributed by atoms with E-state index in [0.717, 1.165) is 16.8 Å². The highest BCUT2D eigenvalue weighted by Gasteiger charge is 2.25. The summed E-state index contributed by atoms with van der Waals surface area (Å²) < 4.78 is 5.19. The van der Waals surface area contributed by atoms with Crippen molar-refractivity contribution in [2.24, 2.45) is 0 Å². The molecule has 1 aromatic heterocycles. The summed E-state index contributed by atoms with van der Waals surface area (Å²) in [6.07, 6.45) is 2.20. The van der Waals surface area contributed by atoms with E-state index in [1.165, 1.54) is 11.8 Å². The third-order valence-electron chi connectivity index (χ3n) is 5.90. The Bertz CT molecular complexity index is 1360. The van der Waals surface area contributed by atoms with Crippen LogP contribution in [0.4, 0.5) is 11.4 Å². The molecule has 0 radical (unpaired) electrons. The number of aryl methyl sites for hydroxylation is 1. The van der Waals surface area contributed by atoms with Crippen molar-refractivity contribution in [3.63, 3.8) is 0 Å². The fraction of sp³-hybridized carbons (Fsp3) is 0.111. The molecule has 0 spiro atoms. The molecule has 0 fully saturated rings. The van der Waals surface area contributed by atoms with E-state index in [1.807, 2.05) is 30.3 Å². The van der Waals surface area contributed by atoms with Gasteiger partial charge in [0.05, 0.1) is 18.4 Å². The highest BCUT2D eigenvalue weighted by Crippen LogP contribution is 2.33. The zero-order valence-electron chi connectivity index (χ0n) is 18.0. The lowest BCUT2D eigenvalue weighted by Crippen LogP contribution is -2.30. The van der Waals surface area contributed by atoms with Gasteiger partial charge < -0.3 is 14.6 Å². The van der Waals surface area contributed by atoms with Crippen LogP contribution in [0.2, 0.25) is 5.02 Å². The molecule has 0 unspecified atom stereocenters. The smallest absolute Gasteiger partial charge is 0.259 e. The minimum absolute atomic E-state index is 0.112. The van der Waals surface area contributed by atoms with Crippen LogP contribution in [0, 0.1) is 6.92 Å². The molecular weight excluding hydrogens is 436 g/mol. The number of furan rings is 1. The summed E-state index contributed by atoms with van der Waals surface area (Å²) in [5.41, 5.74) is 5.78. The van der Waals surface area contributed by atoms with Gasteiger partial charge in [-0.2, -0.15) is 0 Å². The molecule has 164 valence electrons. The van der Waals surface area contributed by atoms with Crippen molar-refractivity contribution >= 4 is 34.8 Å². The van der Waals surface area contributed by atoms with E-state index in [9.17, 15) is 9.59 Å². The van der Waals surface area contributed by atoms with E-state index in [0.29, 0.717) is 40.6 Å². The van der Waals surface area contributed by atoms with Gasteiger partial charge in [0.1, 0.15) is 5.76 Å². The molecule has 1 aliphatic heterocycles. The van der Waals surface area contributed by atoms with E-state index in [1.54, 1.807) is 42.2 Å². The number of hydrogen-bond acceptors (Lipinski definition) is 3. The van der Waals surface area contributed by atoms with Gasteiger partial charge >= 0.3 is 0 Å². The molecule has 1 N–H and O–H groups in total. The van der Waals surface area contributed by atoms with Crippen LogP contribution < -0.4 is 10.2 Å². The number of halogens is 1. The van der Waals surface area contributed by atoms with Crippen LogP contribution in [-0.4, -0.2) is 11.8 Å². The van der Waals surface area contributed by atoms with Gasteiger partial charge in [0, 0.05) is 22.0 Å². The first-order valence-electron chi connectivity index (χ1n) is 10.6. The third-order valence-corrected chi connectivity index (χ3v) is 6.13. The van der Waals surface area contributed by atoms with Crippen LogP contribution in [-0.2, 0) is 13.0 Å². The number of nitrogens with zero attached hydrogens (tertiary/aromatic N) is 1. The maximum atomic E-state index is 13.6. The molecule has 5 nitrogen and oxygen atoms in total. The summed E-state index contributed by atoms with van der Waals surface area (Å²) in [6, 6.07) is 22.3. The zero-order valence-corrected chi connectivity index (χ0v) is 18.7. The fourth-order valence-electron chi connectivity index (χ4n) is 4.16. The number of nitrogens with one attached hydrogen (secondary N) is 1. The van der Waals surface area contributed by atoms with Crippen molar-refractivity contribution in [1.82, 2.24) is 0 Å². The highest BCUT2D eigenvalue weighted by atomic mass is 35.5. The second-order valence-electron chi connectivity index (χ2n) is 8.03. The lowest BCUT2D eigenvalue weighted by atomic mass is 10.0. The standard InChI is InChI=1S/C27H21ClN2O3/c1-17-24(12-13-33-17)26(31)29-23-9-6-18(7-10-23)27(32)30-16-20-5-3-2-4-19(20)14-21-15-22(28)8-11-25(21)30/h2-13,15H,14,16H2,1H3,(H,29,31). The number of amides is 2. The number of rotatable bonds is 3. The molecule has 5 rings (SSSR count). The molecule has 0 aliphatic carbocycles. The first kappa shape index (κ1) is 21.0. The molecule has 1 aliphatic rings. The van der Waals surface area contributed by atoms with Crippen LogP contribution in [0.1, 0.15) is 43.2 Å². The number of carbonyl (C=O) groups is 2. The Morgan fingerprint density at radius 2 is 1.70 bits per heavy atom. The summed E-state index contributed by atoms with van der Waals surface area (Å²) in [6.45, 7) is 2.21.